The van der Waals surface area contributed by atoms with Gasteiger partial charge in [-0.3, -0.25) is 9.69 Å². The van der Waals surface area contributed by atoms with Gasteiger partial charge in [0.1, 0.15) is 0 Å². The fourth-order valence-corrected chi connectivity index (χ4v) is 5.32. The highest BCUT2D eigenvalue weighted by molar-refractivity contribution is 6.03. The standard InChI is InChI=1S/C30H27N3O/c34-30(32-31-18-26-15-14-24-13-12-23-6-3-7-28(26)29(23)24)25-10-8-21(9-11-25)19-33-17-16-22-4-1-2-5-27(22)20-33/h1-11,14-15,18H,12-13,16-17,19-20H2,(H,32,34)/b31-18-. The van der Waals surface area contributed by atoms with Crippen molar-refractivity contribution >= 4 is 22.9 Å². The number of fused-ring (bicyclic) bond motifs is 1. The van der Waals surface area contributed by atoms with Crippen LogP contribution in [0.4, 0.5) is 0 Å². The van der Waals surface area contributed by atoms with Gasteiger partial charge in [-0.25, -0.2) is 5.43 Å². The Bertz CT molecular complexity index is 1390. The molecule has 0 radical (unpaired) electrons. The third-order valence-corrected chi connectivity index (χ3v) is 7.11. The second kappa shape index (κ2) is 8.88. The molecule has 168 valence electrons. The molecule has 1 amide bonds. The van der Waals surface area contributed by atoms with Crippen molar-refractivity contribution in [1.29, 1.82) is 0 Å². The van der Waals surface area contributed by atoms with Gasteiger partial charge in [-0.05, 0) is 70.0 Å². The smallest absolute Gasteiger partial charge is 0.271 e. The molecule has 4 aromatic carbocycles. The molecule has 1 aliphatic carbocycles. The number of nitrogens with one attached hydrogen (secondary N) is 1. The van der Waals surface area contributed by atoms with E-state index in [4.69, 9.17) is 0 Å². The Labute approximate surface area is 199 Å². The lowest BCUT2D eigenvalue weighted by Crippen LogP contribution is -2.30. The van der Waals surface area contributed by atoms with Gasteiger partial charge < -0.3 is 0 Å². The van der Waals surface area contributed by atoms with Crippen LogP contribution in [-0.4, -0.2) is 23.6 Å². The van der Waals surface area contributed by atoms with E-state index in [2.05, 4.69) is 70.0 Å². The molecule has 4 nitrogen and oxygen atoms in total. The number of hydrogen-bond donors (Lipinski definition) is 1. The molecule has 0 bridgehead atoms. The Morgan fingerprint density at radius 3 is 2.44 bits per heavy atom. The Hall–Kier alpha value is -3.76. The molecular formula is C30H27N3O. The Morgan fingerprint density at radius 1 is 0.824 bits per heavy atom. The van der Waals surface area contributed by atoms with E-state index in [9.17, 15) is 4.79 Å². The highest BCUT2D eigenvalue weighted by Gasteiger charge is 2.17. The van der Waals surface area contributed by atoms with Crippen molar-refractivity contribution in [2.24, 2.45) is 5.10 Å². The maximum atomic E-state index is 12.6. The molecule has 0 aromatic heterocycles. The van der Waals surface area contributed by atoms with E-state index >= 15 is 0 Å². The van der Waals surface area contributed by atoms with E-state index in [1.165, 1.54) is 38.6 Å². The monoisotopic (exact) mass is 445 g/mol. The summed E-state index contributed by atoms with van der Waals surface area (Å²) in [5.41, 5.74) is 11.2. The predicted molar refractivity (Wildman–Crippen MR) is 137 cm³/mol. The van der Waals surface area contributed by atoms with E-state index in [-0.39, 0.29) is 5.91 Å². The topological polar surface area (TPSA) is 44.7 Å². The summed E-state index contributed by atoms with van der Waals surface area (Å²) in [5.74, 6) is -0.194. The molecule has 1 heterocycles. The second-order valence-electron chi connectivity index (χ2n) is 9.28. The number of nitrogens with zero attached hydrogens (tertiary/aromatic N) is 2. The first-order chi connectivity index (χ1) is 16.7. The van der Waals surface area contributed by atoms with Crippen LogP contribution in [0.2, 0.25) is 0 Å². The molecule has 0 spiro atoms. The molecule has 0 saturated heterocycles. The average Bonchev–Trinajstić information content (AvgIpc) is 3.30. The van der Waals surface area contributed by atoms with Gasteiger partial charge in [-0.1, -0.05) is 66.7 Å². The summed E-state index contributed by atoms with van der Waals surface area (Å²) < 4.78 is 0. The van der Waals surface area contributed by atoms with Crippen LogP contribution < -0.4 is 5.43 Å². The highest BCUT2D eigenvalue weighted by Crippen LogP contribution is 2.32. The largest absolute Gasteiger partial charge is 0.294 e. The van der Waals surface area contributed by atoms with Gasteiger partial charge in [0.15, 0.2) is 0 Å². The summed E-state index contributed by atoms with van der Waals surface area (Å²) in [6.07, 6.45) is 5.05. The van der Waals surface area contributed by atoms with E-state index < -0.39 is 0 Å². The number of hydrazone groups is 1. The highest BCUT2D eigenvalue weighted by atomic mass is 16.2. The summed E-state index contributed by atoms with van der Waals surface area (Å²) in [4.78, 5) is 15.1. The summed E-state index contributed by atoms with van der Waals surface area (Å²) in [6.45, 7) is 2.93. The van der Waals surface area contributed by atoms with Crippen LogP contribution in [0.3, 0.4) is 0 Å². The lowest BCUT2D eigenvalue weighted by atomic mass is 9.99. The molecule has 34 heavy (non-hydrogen) atoms. The van der Waals surface area contributed by atoms with Crippen molar-refractivity contribution in [3.63, 3.8) is 0 Å². The normalized spacial score (nSPS) is 15.1. The second-order valence-corrected chi connectivity index (χ2v) is 9.28. The fraction of sp³-hybridized carbons (Fsp3) is 0.200. The van der Waals surface area contributed by atoms with Crippen molar-refractivity contribution in [2.75, 3.05) is 6.54 Å². The molecular weight excluding hydrogens is 418 g/mol. The minimum atomic E-state index is -0.194. The molecule has 4 heteroatoms. The lowest BCUT2D eigenvalue weighted by molar-refractivity contribution is 0.0955. The molecule has 0 atom stereocenters. The number of hydrogen-bond acceptors (Lipinski definition) is 3. The molecule has 1 aliphatic heterocycles. The first kappa shape index (κ1) is 20.8. The SMILES string of the molecule is O=C(N/N=C\c1ccc2c3c(cccc13)CC2)c1ccc(CN2CCc3ccccc3C2)cc1. The Balaban J connectivity index is 1.09. The van der Waals surface area contributed by atoms with Gasteiger partial charge >= 0.3 is 0 Å². The minimum Gasteiger partial charge on any atom is -0.294 e. The first-order valence-electron chi connectivity index (χ1n) is 12.0. The molecule has 0 fully saturated rings. The van der Waals surface area contributed by atoms with Crippen LogP contribution >= 0.6 is 0 Å². The van der Waals surface area contributed by atoms with Crippen LogP contribution in [0, 0.1) is 0 Å². The Morgan fingerprint density at radius 2 is 1.59 bits per heavy atom. The van der Waals surface area contributed by atoms with E-state index in [0.29, 0.717) is 5.56 Å². The summed E-state index contributed by atoms with van der Waals surface area (Å²) in [7, 11) is 0. The van der Waals surface area contributed by atoms with E-state index in [1.807, 2.05) is 24.3 Å². The van der Waals surface area contributed by atoms with Crippen LogP contribution in [0.5, 0.6) is 0 Å². The van der Waals surface area contributed by atoms with Gasteiger partial charge in [0.05, 0.1) is 6.21 Å². The third kappa shape index (κ3) is 4.02. The quantitative estimate of drug-likeness (QED) is 0.336. The summed E-state index contributed by atoms with van der Waals surface area (Å²) in [5, 5.41) is 6.81. The van der Waals surface area contributed by atoms with Gasteiger partial charge in [0.25, 0.3) is 5.91 Å². The summed E-state index contributed by atoms with van der Waals surface area (Å²) in [6, 6.07) is 27.3. The lowest BCUT2D eigenvalue weighted by Gasteiger charge is -2.28. The zero-order chi connectivity index (χ0) is 22.9. The number of carbonyl (C=O) groups is 1. The van der Waals surface area contributed by atoms with Crippen molar-refractivity contribution in [3.05, 3.63) is 118 Å². The number of benzene rings is 4. The van der Waals surface area contributed by atoms with Crippen LogP contribution in [0.1, 0.15) is 43.7 Å². The van der Waals surface area contributed by atoms with Crippen molar-refractivity contribution in [2.45, 2.75) is 32.4 Å². The van der Waals surface area contributed by atoms with Crippen molar-refractivity contribution in [1.82, 2.24) is 10.3 Å². The van der Waals surface area contributed by atoms with Gasteiger partial charge in [0.2, 0.25) is 0 Å². The van der Waals surface area contributed by atoms with Gasteiger partial charge in [0, 0.05) is 30.8 Å². The third-order valence-electron chi connectivity index (χ3n) is 7.11. The van der Waals surface area contributed by atoms with Crippen molar-refractivity contribution in [3.8, 4) is 0 Å². The van der Waals surface area contributed by atoms with Crippen LogP contribution in [-0.2, 0) is 32.4 Å². The fourth-order valence-electron chi connectivity index (χ4n) is 5.32. The average molecular weight is 446 g/mol. The van der Waals surface area contributed by atoms with E-state index in [1.54, 1.807) is 6.21 Å². The van der Waals surface area contributed by atoms with E-state index in [0.717, 1.165) is 44.5 Å². The molecule has 0 saturated carbocycles. The number of rotatable bonds is 5. The number of carbonyl (C=O) groups excluding carboxylic acids is 1. The molecule has 1 N–H and O–H groups in total. The first-order valence-corrected chi connectivity index (χ1v) is 12.0. The van der Waals surface area contributed by atoms with Gasteiger partial charge in [-0.2, -0.15) is 5.10 Å². The molecule has 4 aromatic rings. The molecule has 6 rings (SSSR count). The minimum absolute atomic E-state index is 0.194. The number of aryl methyl sites for hydroxylation is 2. The maximum absolute atomic E-state index is 12.6. The molecule has 0 unspecified atom stereocenters. The maximum Gasteiger partial charge on any atom is 0.271 e. The van der Waals surface area contributed by atoms with Crippen LogP contribution in [0.15, 0.2) is 84.0 Å². The zero-order valence-electron chi connectivity index (χ0n) is 19.1. The summed E-state index contributed by atoms with van der Waals surface area (Å²) >= 11 is 0. The van der Waals surface area contributed by atoms with Crippen LogP contribution in [0.25, 0.3) is 10.8 Å². The van der Waals surface area contributed by atoms with Gasteiger partial charge in [-0.15, -0.1) is 0 Å². The Kier molecular flexibility index (Phi) is 5.44. The van der Waals surface area contributed by atoms with Crippen molar-refractivity contribution < 1.29 is 4.79 Å². The zero-order valence-corrected chi connectivity index (χ0v) is 19.1. The molecule has 2 aliphatic rings. The number of amides is 1. The predicted octanol–water partition coefficient (Wildman–Crippen LogP) is 5.26.